The Labute approximate surface area is 130 Å². The van der Waals surface area contributed by atoms with Gasteiger partial charge in [-0.25, -0.2) is 14.4 Å². The van der Waals surface area contributed by atoms with E-state index in [-0.39, 0.29) is 0 Å². The van der Waals surface area contributed by atoms with E-state index in [1.54, 1.807) is 6.26 Å². The largest absolute Gasteiger partial charge is 0.464 e. The molecule has 1 aromatic carbocycles. The fraction of sp³-hybridized carbons (Fsp3) is 0.125. The Balaban J connectivity index is 1.53. The zero-order chi connectivity index (χ0) is 15.6. The van der Waals surface area contributed by atoms with Crippen LogP contribution in [0.25, 0.3) is 22.4 Å². The molecule has 114 valence electrons. The normalized spacial score (nSPS) is 11.2. The van der Waals surface area contributed by atoms with Crippen LogP contribution in [0.3, 0.4) is 0 Å². The van der Waals surface area contributed by atoms with Crippen LogP contribution >= 0.6 is 0 Å². The van der Waals surface area contributed by atoms with Gasteiger partial charge in [-0.05, 0) is 6.07 Å². The number of furan rings is 1. The highest BCUT2D eigenvalue weighted by Gasteiger charge is 2.14. The molecular weight excluding hydrogens is 299 g/mol. The summed E-state index contributed by atoms with van der Waals surface area (Å²) in [6, 6.07) is 7.65. The van der Waals surface area contributed by atoms with Crippen LogP contribution in [0.4, 0.5) is 4.39 Å². The van der Waals surface area contributed by atoms with E-state index in [1.807, 2.05) is 24.3 Å². The van der Waals surface area contributed by atoms with Crippen molar-refractivity contribution in [3.05, 3.63) is 60.5 Å². The number of nitrogens with zero attached hydrogens (tertiary/aromatic N) is 4. The van der Waals surface area contributed by atoms with Gasteiger partial charge in [-0.15, -0.1) is 0 Å². The molecule has 0 atom stereocenters. The first-order valence-electron chi connectivity index (χ1n) is 7.05. The Morgan fingerprint density at radius 1 is 1.04 bits per heavy atom. The molecule has 0 unspecified atom stereocenters. The minimum atomic E-state index is -0.458. The van der Waals surface area contributed by atoms with E-state index < -0.39 is 5.82 Å². The highest BCUT2D eigenvalue weighted by molar-refractivity contribution is 5.91. The van der Waals surface area contributed by atoms with Crippen LogP contribution in [0, 0.1) is 5.82 Å². The summed E-state index contributed by atoms with van der Waals surface area (Å²) in [6.07, 6.45) is 4.86. The van der Waals surface area contributed by atoms with Crippen LogP contribution in [0.1, 0.15) is 11.7 Å². The minimum absolute atomic E-state index is 0.458. The van der Waals surface area contributed by atoms with Gasteiger partial charge in [0.25, 0.3) is 0 Å². The SMILES string of the molecule is Fc1cnc(CCc2nc(-c3coc4ccccc34)no2)nc1. The first-order valence-corrected chi connectivity index (χ1v) is 7.05. The summed E-state index contributed by atoms with van der Waals surface area (Å²) < 4.78 is 23.5. The second-order valence-electron chi connectivity index (χ2n) is 4.97. The molecule has 0 aliphatic heterocycles. The number of fused-ring (bicyclic) bond motifs is 1. The Morgan fingerprint density at radius 2 is 1.87 bits per heavy atom. The van der Waals surface area contributed by atoms with E-state index in [9.17, 15) is 4.39 Å². The first kappa shape index (κ1) is 13.6. The highest BCUT2D eigenvalue weighted by Crippen LogP contribution is 2.28. The molecule has 7 heteroatoms. The summed E-state index contributed by atoms with van der Waals surface area (Å²) >= 11 is 0. The lowest BCUT2D eigenvalue weighted by atomic mass is 10.2. The van der Waals surface area contributed by atoms with Crippen molar-refractivity contribution < 1.29 is 13.3 Å². The van der Waals surface area contributed by atoms with Crippen molar-refractivity contribution in [2.75, 3.05) is 0 Å². The standard InChI is InChI=1S/C16H11FN4O2/c17-10-7-18-14(19-8-10)5-6-15-20-16(21-23-15)12-9-22-13-4-2-1-3-11(12)13/h1-4,7-9H,5-6H2. The lowest BCUT2D eigenvalue weighted by Crippen LogP contribution is -1.98. The molecule has 0 amide bonds. The van der Waals surface area contributed by atoms with Crippen LogP contribution < -0.4 is 0 Å². The fourth-order valence-corrected chi connectivity index (χ4v) is 2.30. The first-order chi connectivity index (χ1) is 11.3. The molecule has 0 bridgehead atoms. The van der Waals surface area contributed by atoms with Crippen LogP contribution in [-0.4, -0.2) is 20.1 Å². The Bertz CT molecular complexity index is 946. The van der Waals surface area contributed by atoms with Gasteiger partial charge in [0.15, 0.2) is 5.82 Å². The van der Waals surface area contributed by atoms with Gasteiger partial charge >= 0.3 is 0 Å². The molecule has 0 fully saturated rings. The number of para-hydroxylation sites is 1. The predicted molar refractivity (Wildman–Crippen MR) is 78.9 cm³/mol. The summed E-state index contributed by atoms with van der Waals surface area (Å²) in [5.41, 5.74) is 1.56. The lowest BCUT2D eigenvalue weighted by Gasteiger charge is -1.95. The third-order valence-electron chi connectivity index (χ3n) is 3.43. The Kier molecular flexibility index (Phi) is 3.30. The molecule has 0 saturated heterocycles. The minimum Gasteiger partial charge on any atom is -0.464 e. The average Bonchev–Trinajstić information content (AvgIpc) is 3.20. The third kappa shape index (κ3) is 2.68. The molecule has 0 radical (unpaired) electrons. The Hall–Kier alpha value is -3.09. The summed E-state index contributed by atoms with van der Waals surface area (Å²) in [4.78, 5) is 12.2. The number of hydrogen-bond donors (Lipinski definition) is 0. The molecule has 23 heavy (non-hydrogen) atoms. The van der Waals surface area contributed by atoms with Crippen LogP contribution in [0.5, 0.6) is 0 Å². The van der Waals surface area contributed by atoms with E-state index in [0.717, 1.165) is 28.9 Å². The molecule has 3 heterocycles. The third-order valence-corrected chi connectivity index (χ3v) is 3.43. The van der Waals surface area contributed by atoms with E-state index >= 15 is 0 Å². The summed E-state index contributed by atoms with van der Waals surface area (Å²) in [7, 11) is 0. The molecular formula is C16H11FN4O2. The monoisotopic (exact) mass is 310 g/mol. The number of rotatable bonds is 4. The van der Waals surface area contributed by atoms with Gasteiger partial charge in [0.2, 0.25) is 11.7 Å². The summed E-state index contributed by atoms with van der Waals surface area (Å²) in [5, 5.41) is 4.92. The second-order valence-corrected chi connectivity index (χ2v) is 4.97. The fourth-order valence-electron chi connectivity index (χ4n) is 2.30. The average molecular weight is 310 g/mol. The highest BCUT2D eigenvalue weighted by atomic mass is 19.1. The van der Waals surface area contributed by atoms with Crippen molar-refractivity contribution >= 4 is 11.0 Å². The smallest absolute Gasteiger partial charge is 0.227 e. The number of benzene rings is 1. The van der Waals surface area contributed by atoms with Crippen molar-refractivity contribution in [3.63, 3.8) is 0 Å². The van der Waals surface area contributed by atoms with Gasteiger partial charge in [-0.3, -0.25) is 0 Å². The van der Waals surface area contributed by atoms with E-state index in [4.69, 9.17) is 8.94 Å². The van der Waals surface area contributed by atoms with Gasteiger partial charge in [-0.2, -0.15) is 4.98 Å². The molecule has 6 nitrogen and oxygen atoms in total. The maximum absolute atomic E-state index is 12.8. The van der Waals surface area contributed by atoms with Crippen molar-refractivity contribution in [2.45, 2.75) is 12.8 Å². The number of hydrogen-bond acceptors (Lipinski definition) is 6. The zero-order valence-electron chi connectivity index (χ0n) is 11.9. The second kappa shape index (κ2) is 5.60. The van der Waals surface area contributed by atoms with E-state index in [1.165, 1.54) is 0 Å². The van der Waals surface area contributed by atoms with Crippen LogP contribution in [-0.2, 0) is 12.8 Å². The van der Waals surface area contributed by atoms with E-state index in [2.05, 4.69) is 20.1 Å². The summed E-state index contributed by atoms with van der Waals surface area (Å²) in [6.45, 7) is 0. The Morgan fingerprint density at radius 3 is 2.74 bits per heavy atom. The molecule has 0 spiro atoms. The zero-order valence-corrected chi connectivity index (χ0v) is 11.9. The topological polar surface area (TPSA) is 77.8 Å². The van der Waals surface area contributed by atoms with Crippen molar-refractivity contribution in [1.29, 1.82) is 0 Å². The quantitative estimate of drug-likeness (QED) is 0.576. The molecule has 0 aliphatic rings. The summed E-state index contributed by atoms with van der Waals surface area (Å²) in [5.74, 6) is 1.02. The molecule has 0 N–H and O–H groups in total. The maximum Gasteiger partial charge on any atom is 0.227 e. The van der Waals surface area contributed by atoms with Gasteiger partial charge in [-0.1, -0.05) is 23.4 Å². The van der Waals surface area contributed by atoms with Crippen molar-refractivity contribution in [1.82, 2.24) is 20.1 Å². The van der Waals surface area contributed by atoms with Gasteiger partial charge in [0.1, 0.15) is 17.7 Å². The van der Waals surface area contributed by atoms with Gasteiger partial charge in [0, 0.05) is 18.2 Å². The van der Waals surface area contributed by atoms with Gasteiger partial charge < -0.3 is 8.94 Å². The molecule has 4 aromatic rings. The molecule has 4 rings (SSSR count). The molecule has 3 aromatic heterocycles. The van der Waals surface area contributed by atoms with Crippen LogP contribution in [0.2, 0.25) is 0 Å². The van der Waals surface area contributed by atoms with E-state index in [0.29, 0.717) is 30.4 Å². The van der Waals surface area contributed by atoms with Gasteiger partial charge in [0.05, 0.1) is 18.0 Å². The van der Waals surface area contributed by atoms with Crippen molar-refractivity contribution in [3.8, 4) is 11.4 Å². The number of halogens is 1. The van der Waals surface area contributed by atoms with Crippen molar-refractivity contribution in [2.24, 2.45) is 0 Å². The number of aromatic nitrogens is 4. The predicted octanol–water partition coefficient (Wildman–Crippen LogP) is 3.20. The maximum atomic E-state index is 12.8. The lowest BCUT2D eigenvalue weighted by molar-refractivity contribution is 0.378. The van der Waals surface area contributed by atoms with Crippen LogP contribution in [0.15, 0.2) is 51.9 Å². The number of aryl methyl sites for hydroxylation is 2. The molecule has 0 aliphatic carbocycles. The molecule has 0 saturated carbocycles.